The summed E-state index contributed by atoms with van der Waals surface area (Å²) in [5.41, 5.74) is -3.72. The molecule has 0 aliphatic heterocycles. The number of benzene rings is 1. The van der Waals surface area contributed by atoms with Gasteiger partial charge in [-0.25, -0.2) is 0 Å². The second-order valence-electron chi connectivity index (χ2n) is 3.46. The van der Waals surface area contributed by atoms with E-state index in [1.807, 2.05) is 0 Å². The number of ketones is 1. The molecule has 0 fully saturated rings. The number of carbonyl (C=O) groups is 1. The first-order chi connectivity index (χ1) is 8.43. The molecule has 0 bridgehead atoms. The van der Waals surface area contributed by atoms with Crippen LogP contribution in [0.15, 0.2) is 18.2 Å². The normalized spacial score (nSPS) is 12.9. The van der Waals surface area contributed by atoms with Crippen LogP contribution in [-0.4, -0.2) is 9.52 Å². The molecule has 0 atom stereocenters. The van der Waals surface area contributed by atoms with E-state index in [4.69, 9.17) is 0 Å². The van der Waals surface area contributed by atoms with Crippen LogP contribution >= 0.6 is 31.9 Å². The Labute approximate surface area is 120 Å². The van der Waals surface area contributed by atoms with E-state index in [1.165, 1.54) is 0 Å². The number of halogens is 8. The maximum absolute atomic E-state index is 12.5. The fraction of sp³-hybridized carbons (Fsp3) is 0.300. The van der Waals surface area contributed by atoms with Crippen LogP contribution in [0.5, 0.6) is 0 Å². The lowest BCUT2D eigenvalue weighted by atomic mass is 10.0. The third-order valence-electron chi connectivity index (χ3n) is 2.07. The van der Waals surface area contributed by atoms with Gasteiger partial charge >= 0.3 is 12.4 Å². The van der Waals surface area contributed by atoms with Crippen LogP contribution < -0.4 is 0 Å². The van der Waals surface area contributed by atoms with Crippen LogP contribution in [0.4, 0.5) is 26.3 Å². The summed E-state index contributed by atoms with van der Waals surface area (Å²) in [4.78, 5) is 11.5. The van der Waals surface area contributed by atoms with Crippen LogP contribution in [0.1, 0.15) is 21.5 Å². The van der Waals surface area contributed by atoms with Crippen molar-refractivity contribution in [3.8, 4) is 0 Å². The molecule has 0 amide bonds. The molecule has 0 radical (unpaired) electrons. The van der Waals surface area contributed by atoms with Crippen LogP contribution in [-0.2, 0) is 12.4 Å². The first kappa shape index (κ1) is 16.5. The molecule has 9 heteroatoms. The van der Waals surface area contributed by atoms with Crippen LogP contribution in [0, 0.1) is 0 Å². The molecule has 19 heavy (non-hydrogen) atoms. The predicted octanol–water partition coefficient (Wildman–Crippen LogP) is 5.02. The number of hydrogen-bond donors (Lipinski definition) is 0. The first-order valence-electron chi connectivity index (χ1n) is 4.55. The lowest BCUT2D eigenvalue weighted by Gasteiger charge is -2.14. The lowest BCUT2D eigenvalue weighted by molar-refractivity contribution is -0.143. The average molecular weight is 414 g/mol. The van der Waals surface area contributed by atoms with Gasteiger partial charge in [0.2, 0.25) is 0 Å². The summed E-state index contributed by atoms with van der Waals surface area (Å²) >= 11 is 5.46. The highest BCUT2D eigenvalue weighted by molar-refractivity contribution is 9.25. The molecule has 0 unspecified atom stereocenters. The zero-order valence-corrected chi connectivity index (χ0v) is 11.9. The SMILES string of the molecule is O=C(c1cc(C(F)(F)F)cc(C(F)(F)F)c1)C(Br)Br. The quantitative estimate of drug-likeness (QED) is 0.378. The molecule has 0 spiro atoms. The molecule has 1 aromatic rings. The van der Waals surface area contributed by atoms with Crippen molar-refractivity contribution in [2.45, 2.75) is 16.1 Å². The Hall–Kier alpha value is -0.570. The number of rotatable bonds is 2. The Bertz CT molecular complexity index is 460. The van der Waals surface area contributed by atoms with Gasteiger partial charge in [-0.2, -0.15) is 26.3 Å². The van der Waals surface area contributed by atoms with Crippen LogP contribution in [0.3, 0.4) is 0 Å². The maximum atomic E-state index is 12.5. The van der Waals surface area contributed by atoms with Gasteiger partial charge in [0.05, 0.1) is 11.1 Å². The fourth-order valence-electron chi connectivity index (χ4n) is 1.22. The number of carbonyl (C=O) groups excluding carboxylic acids is 1. The Morgan fingerprint density at radius 1 is 0.895 bits per heavy atom. The molecule has 0 saturated carbocycles. The van der Waals surface area contributed by atoms with E-state index in [1.54, 1.807) is 0 Å². The van der Waals surface area contributed by atoms with E-state index in [-0.39, 0.29) is 6.07 Å². The van der Waals surface area contributed by atoms with Gasteiger partial charge in [-0.3, -0.25) is 4.79 Å². The lowest BCUT2D eigenvalue weighted by Crippen LogP contribution is -2.15. The van der Waals surface area contributed by atoms with Gasteiger partial charge in [-0.15, -0.1) is 0 Å². The van der Waals surface area contributed by atoms with Crippen molar-refractivity contribution >= 4 is 37.6 Å². The van der Waals surface area contributed by atoms with Gasteiger partial charge in [0, 0.05) is 5.56 Å². The van der Waals surface area contributed by atoms with E-state index in [0.717, 1.165) is 0 Å². The number of Topliss-reactive ketones (excluding diaryl/α,β-unsaturated/α-hetero) is 1. The Kier molecular flexibility index (Phi) is 4.71. The molecule has 0 aliphatic rings. The summed E-state index contributed by atoms with van der Waals surface area (Å²) in [6.07, 6.45) is -9.94. The Balaban J connectivity index is 3.46. The summed E-state index contributed by atoms with van der Waals surface area (Å²) in [6, 6.07) is 0.731. The second-order valence-corrected chi connectivity index (χ2v) is 6.52. The highest BCUT2D eigenvalue weighted by Crippen LogP contribution is 2.36. The molecule has 1 rings (SSSR count). The molecule has 1 nitrogen and oxygen atoms in total. The number of alkyl halides is 8. The van der Waals surface area contributed by atoms with Gasteiger partial charge in [0.15, 0.2) is 5.78 Å². The number of hydrogen-bond acceptors (Lipinski definition) is 1. The van der Waals surface area contributed by atoms with Crippen molar-refractivity contribution in [2.24, 2.45) is 0 Å². The van der Waals surface area contributed by atoms with E-state index < -0.39 is 38.6 Å². The summed E-state index contributed by atoms with van der Waals surface area (Å²) in [7, 11) is 0. The molecule has 106 valence electrons. The minimum atomic E-state index is -4.97. The summed E-state index contributed by atoms with van der Waals surface area (Å²) < 4.78 is 73.9. The molecule has 0 aromatic heterocycles. The Morgan fingerprint density at radius 3 is 1.53 bits per heavy atom. The van der Waals surface area contributed by atoms with Gasteiger partial charge in [-0.05, 0) is 18.2 Å². The van der Waals surface area contributed by atoms with Crippen molar-refractivity contribution in [2.75, 3.05) is 0 Å². The van der Waals surface area contributed by atoms with E-state index in [2.05, 4.69) is 31.9 Å². The largest absolute Gasteiger partial charge is 0.416 e. The standard InChI is InChI=1S/C10H4Br2F6O/c11-8(12)7(19)4-1-5(9(13,14)15)3-6(2-4)10(16,17)18/h1-3,8H. The first-order valence-corrected chi connectivity index (χ1v) is 6.38. The molecule has 0 heterocycles. The minimum absolute atomic E-state index is 0.0335. The molecule has 0 saturated heterocycles. The van der Waals surface area contributed by atoms with E-state index in [9.17, 15) is 31.1 Å². The minimum Gasteiger partial charge on any atom is -0.292 e. The van der Waals surface area contributed by atoms with Crippen molar-refractivity contribution in [1.29, 1.82) is 0 Å². The fourth-order valence-corrected chi connectivity index (χ4v) is 1.75. The molecule has 0 N–H and O–H groups in total. The molecule has 0 aliphatic carbocycles. The van der Waals surface area contributed by atoms with Crippen molar-refractivity contribution < 1.29 is 31.1 Å². The average Bonchev–Trinajstić information content (AvgIpc) is 2.24. The molecule has 1 aromatic carbocycles. The van der Waals surface area contributed by atoms with Crippen molar-refractivity contribution in [3.05, 3.63) is 34.9 Å². The van der Waals surface area contributed by atoms with Gasteiger partial charge in [-0.1, -0.05) is 31.9 Å². The van der Waals surface area contributed by atoms with Gasteiger partial charge in [0.1, 0.15) is 3.74 Å². The monoisotopic (exact) mass is 412 g/mol. The van der Waals surface area contributed by atoms with Crippen LogP contribution in [0.2, 0.25) is 0 Å². The summed E-state index contributed by atoms with van der Waals surface area (Å²) in [6.45, 7) is 0. The maximum Gasteiger partial charge on any atom is 0.416 e. The third kappa shape index (κ3) is 4.20. The van der Waals surface area contributed by atoms with Crippen molar-refractivity contribution in [1.82, 2.24) is 0 Å². The van der Waals surface area contributed by atoms with Gasteiger partial charge < -0.3 is 0 Å². The third-order valence-corrected chi connectivity index (χ3v) is 2.90. The summed E-state index contributed by atoms with van der Waals surface area (Å²) in [5.74, 6) is -0.934. The summed E-state index contributed by atoms with van der Waals surface area (Å²) in [5, 5.41) is 0. The van der Waals surface area contributed by atoms with Crippen molar-refractivity contribution in [3.63, 3.8) is 0 Å². The van der Waals surface area contributed by atoms with Crippen LogP contribution in [0.25, 0.3) is 0 Å². The van der Waals surface area contributed by atoms with E-state index in [0.29, 0.717) is 12.1 Å². The highest BCUT2D eigenvalue weighted by atomic mass is 79.9. The molecular weight excluding hydrogens is 410 g/mol. The zero-order valence-electron chi connectivity index (χ0n) is 8.74. The predicted molar refractivity (Wildman–Crippen MR) is 62.4 cm³/mol. The second kappa shape index (κ2) is 5.43. The van der Waals surface area contributed by atoms with Gasteiger partial charge in [0.25, 0.3) is 0 Å². The Morgan fingerprint density at radius 2 is 1.26 bits per heavy atom. The topological polar surface area (TPSA) is 17.1 Å². The highest BCUT2D eigenvalue weighted by Gasteiger charge is 2.37. The zero-order chi connectivity index (χ0) is 15.0. The van der Waals surface area contributed by atoms with E-state index >= 15 is 0 Å². The smallest absolute Gasteiger partial charge is 0.292 e. The molecular formula is C10H4Br2F6O.